The van der Waals surface area contributed by atoms with Gasteiger partial charge < -0.3 is 10.6 Å². The number of amides is 2. The van der Waals surface area contributed by atoms with Gasteiger partial charge >= 0.3 is 0 Å². The van der Waals surface area contributed by atoms with Crippen molar-refractivity contribution in [3.05, 3.63) is 65.5 Å². The lowest BCUT2D eigenvalue weighted by molar-refractivity contribution is -0.117. The number of anilines is 1. The van der Waals surface area contributed by atoms with Crippen molar-refractivity contribution in [3.8, 4) is 0 Å². The number of halogens is 1. The summed E-state index contributed by atoms with van der Waals surface area (Å²) in [5.41, 5.74) is 1.64. The van der Waals surface area contributed by atoms with Crippen molar-refractivity contribution in [1.82, 2.24) is 5.32 Å². The van der Waals surface area contributed by atoms with Gasteiger partial charge in [0.15, 0.2) is 0 Å². The molecule has 2 aromatic rings. The molecule has 0 aromatic heterocycles. The van der Waals surface area contributed by atoms with Gasteiger partial charge in [-0.3, -0.25) is 9.59 Å². The van der Waals surface area contributed by atoms with E-state index in [9.17, 15) is 14.0 Å². The van der Waals surface area contributed by atoms with Crippen LogP contribution in [-0.4, -0.2) is 17.9 Å². The highest BCUT2D eigenvalue weighted by Crippen LogP contribution is 2.23. The second-order valence-corrected chi connectivity index (χ2v) is 5.91. The van der Waals surface area contributed by atoms with Gasteiger partial charge in [-0.15, -0.1) is 0 Å². The first kappa shape index (κ1) is 17.7. The van der Waals surface area contributed by atoms with Crippen molar-refractivity contribution < 1.29 is 14.0 Å². The molecule has 0 heterocycles. The van der Waals surface area contributed by atoms with E-state index in [1.807, 2.05) is 38.1 Å². The molecule has 0 saturated heterocycles. The third-order valence-corrected chi connectivity index (χ3v) is 3.70. The minimum atomic E-state index is -0.794. The van der Waals surface area contributed by atoms with Crippen LogP contribution in [0.1, 0.15) is 42.6 Å². The van der Waals surface area contributed by atoms with Crippen molar-refractivity contribution in [1.29, 1.82) is 0 Å². The van der Waals surface area contributed by atoms with E-state index in [2.05, 4.69) is 10.6 Å². The fraction of sp³-hybridized carbons (Fsp3) is 0.263. The smallest absolute Gasteiger partial charge is 0.254 e. The highest BCUT2D eigenvalue weighted by atomic mass is 19.1. The summed E-state index contributed by atoms with van der Waals surface area (Å²) in [4.78, 5) is 24.4. The molecule has 126 valence electrons. The predicted molar refractivity (Wildman–Crippen MR) is 92.5 cm³/mol. The molecule has 1 atom stereocenters. The first-order valence-corrected chi connectivity index (χ1v) is 7.85. The first-order valence-electron chi connectivity index (χ1n) is 7.85. The number of carbonyl (C=O) groups is 2. The summed E-state index contributed by atoms with van der Waals surface area (Å²) in [5, 5.41) is 5.33. The van der Waals surface area contributed by atoms with Gasteiger partial charge in [0.25, 0.3) is 5.91 Å². The van der Waals surface area contributed by atoms with E-state index in [0.717, 1.165) is 5.56 Å². The molecule has 0 unspecified atom stereocenters. The highest BCUT2D eigenvalue weighted by molar-refractivity contribution is 6.01. The van der Waals surface area contributed by atoms with Crippen molar-refractivity contribution in [3.63, 3.8) is 0 Å². The lowest BCUT2D eigenvalue weighted by Gasteiger charge is -2.17. The van der Waals surface area contributed by atoms with Crippen LogP contribution in [0.3, 0.4) is 0 Å². The second-order valence-electron chi connectivity index (χ2n) is 5.91. The average Bonchev–Trinajstić information content (AvgIpc) is 2.55. The van der Waals surface area contributed by atoms with Crippen LogP contribution in [0, 0.1) is 5.82 Å². The number of rotatable bonds is 5. The predicted octanol–water partition coefficient (Wildman–Crippen LogP) is 3.71. The monoisotopic (exact) mass is 328 g/mol. The topological polar surface area (TPSA) is 58.2 Å². The van der Waals surface area contributed by atoms with Crippen LogP contribution in [0.2, 0.25) is 0 Å². The van der Waals surface area contributed by atoms with Crippen LogP contribution in [-0.2, 0) is 4.79 Å². The van der Waals surface area contributed by atoms with Crippen LogP contribution in [0.4, 0.5) is 10.1 Å². The molecule has 0 spiro atoms. The Kier molecular flexibility index (Phi) is 5.68. The zero-order chi connectivity index (χ0) is 17.7. The molecule has 2 amide bonds. The molecule has 0 saturated carbocycles. The molecule has 4 nitrogen and oxygen atoms in total. The van der Waals surface area contributed by atoms with E-state index in [1.54, 1.807) is 13.0 Å². The molecular weight excluding hydrogens is 307 g/mol. The minimum absolute atomic E-state index is 0.0836. The normalized spacial score (nSPS) is 11.9. The van der Waals surface area contributed by atoms with Crippen LogP contribution in [0.25, 0.3) is 0 Å². The first-order chi connectivity index (χ1) is 11.4. The maximum Gasteiger partial charge on any atom is 0.254 e. The number of hydrogen-bond acceptors (Lipinski definition) is 2. The Bertz CT molecular complexity index is 744. The Morgan fingerprint density at radius 3 is 2.25 bits per heavy atom. The van der Waals surface area contributed by atoms with E-state index in [1.165, 1.54) is 18.2 Å². The van der Waals surface area contributed by atoms with Crippen molar-refractivity contribution in [2.75, 3.05) is 5.32 Å². The van der Waals surface area contributed by atoms with Gasteiger partial charge in [-0.25, -0.2) is 4.39 Å². The highest BCUT2D eigenvalue weighted by Gasteiger charge is 2.19. The molecular formula is C19H21FN2O2. The lowest BCUT2D eigenvalue weighted by Crippen LogP contribution is -2.42. The summed E-state index contributed by atoms with van der Waals surface area (Å²) in [6.45, 7) is 5.63. The van der Waals surface area contributed by atoms with Gasteiger partial charge in [-0.1, -0.05) is 44.2 Å². The van der Waals surface area contributed by atoms with Crippen LogP contribution >= 0.6 is 0 Å². The average molecular weight is 328 g/mol. The molecule has 0 bridgehead atoms. The Labute approximate surface area is 141 Å². The molecule has 0 fully saturated rings. The zero-order valence-corrected chi connectivity index (χ0v) is 14.0. The van der Waals surface area contributed by atoms with E-state index >= 15 is 0 Å². The molecule has 2 aromatic carbocycles. The summed E-state index contributed by atoms with van der Waals surface area (Å²) < 4.78 is 13.6. The molecule has 2 N–H and O–H groups in total. The molecule has 2 rings (SSSR count). The molecule has 0 aliphatic carbocycles. The summed E-state index contributed by atoms with van der Waals surface area (Å²) >= 11 is 0. The van der Waals surface area contributed by atoms with Crippen molar-refractivity contribution >= 4 is 17.5 Å². The third-order valence-electron chi connectivity index (χ3n) is 3.70. The standard InChI is InChI=1S/C19H21FN2O2/c1-12(2)14-8-5-7-11-17(14)22-18(23)13(3)21-19(24)15-9-4-6-10-16(15)20/h4-13H,1-3H3,(H,21,24)(H,22,23)/t13-/m0/s1. The Morgan fingerprint density at radius 2 is 1.58 bits per heavy atom. The van der Waals surface area contributed by atoms with Crippen molar-refractivity contribution in [2.45, 2.75) is 32.7 Å². The van der Waals surface area contributed by atoms with Gasteiger partial charge in [0.05, 0.1) is 5.56 Å². The van der Waals surface area contributed by atoms with Gasteiger partial charge in [-0.2, -0.15) is 0 Å². The quantitative estimate of drug-likeness (QED) is 0.879. The summed E-state index contributed by atoms with van der Waals surface area (Å²) in [6.07, 6.45) is 0. The largest absolute Gasteiger partial charge is 0.340 e. The maximum atomic E-state index is 13.6. The minimum Gasteiger partial charge on any atom is -0.340 e. The Balaban J connectivity index is 2.06. The Morgan fingerprint density at radius 1 is 0.958 bits per heavy atom. The SMILES string of the molecule is CC(C)c1ccccc1NC(=O)[C@H](C)NC(=O)c1ccccc1F. The number of carbonyl (C=O) groups excluding carboxylic acids is 2. The van der Waals surface area contributed by atoms with Gasteiger partial charge in [-0.05, 0) is 36.6 Å². The molecule has 5 heteroatoms. The van der Waals surface area contributed by atoms with Crippen LogP contribution in [0.5, 0.6) is 0 Å². The molecule has 0 aliphatic rings. The van der Waals surface area contributed by atoms with Crippen LogP contribution < -0.4 is 10.6 Å². The number of para-hydroxylation sites is 1. The lowest BCUT2D eigenvalue weighted by atomic mass is 10.0. The fourth-order valence-corrected chi connectivity index (χ4v) is 2.34. The van der Waals surface area contributed by atoms with Gasteiger partial charge in [0.2, 0.25) is 5.91 Å². The third kappa shape index (κ3) is 4.19. The zero-order valence-electron chi connectivity index (χ0n) is 14.0. The molecule has 0 radical (unpaired) electrons. The maximum absolute atomic E-state index is 13.6. The van der Waals surface area contributed by atoms with E-state index in [4.69, 9.17) is 0 Å². The van der Waals surface area contributed by atoms with Gasteiger partial charge in [0.1, 0.15) is 11.9 Å². The van der Waals surface area contributed by atoms with E-state index in [-0.39, 0.29) is 17.4 Å². The summed E-state index contributed by atoms with van der Waals surface area (Å²) in [6, 6.07) is 12.4. The van der Waals surface area contributed by atoms with Crippen molar-refractivity contribution in [2.24, 2.45) is 0 Å². The van der Waals surface area contributed by atoms with E-state index < -0.39 is 17.8 Å². The number of nitrogens with one attached hydrogen (secondary N) is 2. The summed E-state index contributed by atoms with van der Waals surface area (Å²) in [7, 11) is 0. The number of hydrogen-bond donors (Lipinski definition) is 2. The Hall–Kier alpha value is -2.69. The van der Waals surface area contributed by atoms with E-state index in [0.29, 0.717) is 5.69 Å². The van der Waals surface area contributed by atoms with Crippen LogP contribution in [0.15, 0.2) is 48.5 Å². The number of benzene rings is 2. The summed E-state index contributed by atoms with van der Waals surface area (Å²) in [5.74, 6) is -1.33. The molecule has 24 heavy (non-hydrogen) atoms. The second kappa shape index (κ2) is 7.73. The fourth-order valence-electron chi connectivity index (χ4n) is 2.34. The van der Waals surface area contributed by atoms with Gasteiger partial charge in [0, 0.05) is 5.69 Å². The molecule has 0 aliphatic heterocycles.